The second-order valence-electron chi connectivity index (χ2n) is 7.06. The molecule has 1 aliphatic heterocycles. The SMILES string of the molecule is CN1CCN(CCCNC(=O)COc2cc(=O)n(C)c3ccccc23)CC1. The van der Waals surface area contributed by atoms with Crippen molar-refractivity contribution in [3.63, 3.8) is 0 Å². The van der Waals surface area contributed by atoms with Gasteiger partial charge in [0.25, 0.3) is 11.5 Å². The Kier molecular flexibility index (Phi) is 6.47. The number of rotatable bonds is 7. The minimum atomic E-state index is -0.168. The fourth-order valence-electron chi connectivity index (χ4n) is 3.30. The maximum absolute atomic E-state index is 12.1. The lowest BCUT2D eigenvalue weighted by Gasteiger charge is -2.32. The zero-order chi connectivity index (χ0) is 19.2. The smallest absolute Gasteiger partial charge is 0.257 e. The normalized spacial score (nSPS) is 15.8. The van der Waals surface area contributed by atoms with Gasteiger partial charge in [-0.05, 0) is 32.1 Å². The number of carbonyl (C=O) groups is 1. The Labute approximate surface area is 159 Å². The van der Waals surface area contributed by atoms with Crippen LogP contribution in [0.5, 0.6) is 5.75 Å². The van der Waals surface area contributed by atoms with Crippen molar-refractivity contribution in [3.8, 4) is 5.75 Å². The molecule has 0 aliphatic carbocycles. The number of nitrogens with zero attached hydrogens (tertiary/aromatic N) is 3. The first-order chi connectivity index (χ1) is 13.0. The number of nitrogens with one attached hydrogen (secondary N) is 1. The predicted octanol–water partition coefficient (Wildman–Crippen LogP) is 0.671. The lowest BCUT2D eigenvalue weighted by Crippen LogP contribution is -2.45. The van der Waals surface area contributed by atoms with E-state index in [1.807, 2.05) is 24.3 Å². The first-order valence-electron chi connectivity index (χ1n) is 9.44. The van der Waals surface area contributed by atoms with E-state index >= 15 is 0 Å². The number of aromatic nitrogens is 1. The lowest BCUT2D eigenvalue weighted by molar-refractivity contribution is -0.123. The van der Waals surface area contributed by atoms with Gasteiger partial charge in [0.05, 0.1) is 5.52 Å². The lowest BCUT2D eigenvalue weighted by atomic mass is 10.2. The van der Waals surface area contributed by atoms with Gasteiger partial charge < -0.3 is 24.4 Å². The van der Waals surface area contributed by atoms with Crippen LogP contribution < -0.4 is 15.6 Å². The third-order valence-corrected chi connectivity index (χ3v) is 5.04. The summed E-state index contributed by atoms with van der Waals surface area (Å²) in [6, 6.07) is 8.94. The van der Waals surface area contributed by atoms with Gasteiger partial charge in [0.2, 0.25) is 0 Å². The summed E-state index contributed by atoms with van der Waals surface area (Å²) in [6.45, 7) is 5.91. The van der Waals surface area contributed by atoms with Gasteiger partial charge in [-0.2, -0.15) is 0 Å². The Morgan fingerprint density at radius 1 is 1.15 bits per heavy atom. The number of piperazine rings is 1. The fourth-order valence-corrected chi connectivity index (χ4v) is 3.30. The second kappa shape index (κ2) is 9.01. The van der Waals surface area contributed by atoms with Gasteiger partial charge in [0.15, 0.2) is 6.61 Å². The summed E-state index contributed by atoms with van der Waals surface area (Å²) in [7, 11) is 3.87. The molecule has 0 radical (unpaired) electrons. The molecule has 2 heterocycles. The zero-order valence-electron chi connectivity index (χ0n) is 16.1. The fraction of sp³-hybridized carbons (Fsp3) is 0.500. The quantitative estimate of drug-likeness (QED) is 0.724. The minimum absolute atomic E-state index is 0.0916. The summed E-state index contributed by atoms with van der Waals surface area (Å²) in [6.07, 6.45) is 0.921. The van der Waals surface area contributed by atoms with Crippen molar-refractivity contribution in [2.75, 3.05) is 52.9 Å². The van der Waals surface area contributed by atoms with E-state index in [2.05, 4.69) is 22.2 Å². The van der Waals surface area contributed by atoms with Crippen LogP contribution in [0, 0.1) is 0 Å². The Hall–Kier alpha value is -2.38. The molecular weight excluding hydrogens is 344 g/mol. The first-order valence-corrected chi connectivity index (χ1v) is 9.44. The molecule has 27 heavy (non-hydrogen) atoms. The van der Waals surface area contributed by atoms with Gasteiger partial charge in [-0.15, -0.1) is 0 Å². The Bertz CT molecular complexity index is 841. The first kappa shape index (κ1) is 19.4. The molecule has 1 N–H and O–H groups in total. The molecule has 1 aromatic heterocycles. The maximum atomic E-state index is 12.1. The Morgan fingerprint density at radius 3 is 2.67 bits per heavy atom. The summed E-state index contributed by atoms with van der Waals surface area (Å²) in [5.41, 5.74) is 0.629. The van der Waals surface area contributed by atoms with Crippen LogP contribution in [0.4, 0.5) is 0 Å². The highest BCUT2D eigenvalue weighted by molar-refractivity contribution is 5.86. The molecular formula is C20H28N4O3. The van der Waals surface area contributed by atoms with Crippen LogP contribution in [0.25, 0.3) is 10.9 Å². The Morgan fingerprint density at radius 2 is 1.89 bits per heavy atom. The van der Waals surface area contributed by atoms with Crippen LogP contribution in [0.15, 0.2) is 35.1 Å². The molecule has 7 nitrogen and oxygen atoms in total. The van der Waals surface area contributed by atoms with Crippen LogP contribution in [0.3, 0.4) is 0 Å². The van der Waals surface area contributed by atoms with E-state index in [0.29, 0.717) is 12.3 Å². The number of carbonyl (C=O) groups excluding carboxylic acids is 1. The van der Waals surface area contributed by atoms with Gasteiger partial charge in [-0.1, -0.05) is 12.1 Å². The number of ether oxygens (including phenoxy) is 1. The van der Waals surface area contributed by atoms with Crippen molar-refractivity contribution < 1.29 is 9.53 Å². The molecule has 1 saturated heterocycles. The second-order valence-corrected chi connectivity index (χ2v) is 7.06. The van der Waals surface area contributed by atoms with Crippen LogP contribution >= 0.6 is 0 Å². The van der Waals surface area contributed by atoms with E-state index in [9.17, 15) is 9.59 Å². The van der Waals surface area contributed by atoms with E-state index in [4.69, 9.17) is 4.74 Å². The number of benzene rings is 1. The van der Waals surface area contributed by atoms with E-state index in [1.165, 1.54) is 6.07 Å². The highest BCUT2D eigenvalue weighted by Crippen LogP contribution is 2.22. The van der Waals surface area contributed by atoms with Crippen molar-refractivity contribution in [2.45, 2.75) is 6.42 Å². The molecule has 7 heteroatoms. The summed E-state index contributed by atoms with van der Waals surface area (Å²) >= 11 is 0. The Balaban J connectivity index is 1.45. The molecule has 1 amide bonds. The van der Waals surface area contributed by atoms with Gasteiger partial charge >= 0.3 is 0 Å². The highest BCUT2D eigenvalue weighted by atomic mass is 16.5. The minimum Gasteiger partial charge on any atom is -0.483 e. The average molecular weight is 372 g/mol. The van der Waals surface area contributed by atoms with Crippen molar-refractivity contribution in [1.82, 2.24) is 19.7 Å². The molecule has 0 saturated carbocycles. The average Bonchev–Trinajstić information content (AvgIpc) is 2.68. The standard InChI is InChI=1S/C20H28N4O3/c1-22-10-12-24(13-11-22)9-5-8-21-19(25)15-27-18-14-20(26)23(2)17-7-4-3-6-16(17)18/h3-4,6-7,14H,5,8-13,15H2,1-2H3,(H,21,25). The number of hydrogen-bond donors (Lipinski definition) is 1. The largest absolute Gasteiger partial charge is 0.483 e. The van der Waals surface area contributed by atoms with Crippen LogP contribution in [0.1, 0.15) is 6.42 Å². The predicted molar refractivity (Wildman–Crippen MR) is 106 cm³/mol. The molecule has 1 aromatic carbocycles. The van der Waals surface area contributed by atoms with E-state index in [-0.39, 0.29) is 18.1 Å². The number of likely N-dealkylation sites (N-methyl/N-ethyl adjacent to an activating group) is 1. The number of amides is 1. The molecule has 2 aromatic rings. The van der Waals surface area contributed by atoms with Gasteiger partial charge in [-0.25, -0.2) is 0 Å². The third-order valence-electron chi connectivity index (χ3n) is 5.04. The molecule has 1 aliphatic rings. The third kappa shape index (κ3) is 5.08. The summed E-state index contributed by atoms with van der Waals surface area (Å²) < 4.78 is 7.20. The van der Waals surface area contributed by atoms with Crippen molar-refractivity contribution in [1.29, 1.82) is 0 Å². The van der Waals surface area contributed by atoms with Crippen molar-refractivity contribution >= 4 is 16.8 Å². The number of para-hydroxylation sites is 1. The molecule has 0 atom stereocenters. The molecule has 1 fully saturated rings. The van der Waals surface area contributed by atoms with Crippen molar-refractivity contribution in [2.24, 2.45) is 7.05 Å². The number of aryl methyl sites for hydroxylation is 1. The molecule has 0 bridgehead atoms. The topological polar surface area (TPSA) is 66.8 Å². The number of hydrogen-bond acceptors (Lipinski definition) is 5. The van der Waals surface area contributed by atoms with Crippen LogP contribution in [0.2, 0.25) is 0 Å². The highest BCUT2D eigenvalue weighted by Gasteiger charge is 2.13. The monoisotopic (exact) mass is 372 g/mol. The van der Waals surface area contributed by atoms with E-state index < -0.39 is 0 Å². The zero-order valence-corrected chi connectivity index (χ0v) is 16.1. The maximum Gasteiger partial charge on any atom is 0.257 e. The van der Waals surface area contributed by atoms with E-state index in [1.54, 1.807) is 11.6 Å². The molecule has 3 rings (SSSR count). The van der Waals surface area contributed by atoms with Gasteiger partial charge in [0.1, 0.15) is 5.75 Å². The number of fused-ring (bicyclic) bond motifs is 1. The summed E-state index contributed by atoms with van der Waals surface area (Å²) in [5.74, 6) is 0.277. The summed E-state index contributed by atoms with van der Waals surface area (Å²) in [5, 5.41) is 3.71. The molecule has 146 valence electrons. The summed E-state index contributed by atoms with van der Waals surface area (Å²) in [4.78, 5) is 28.9. The number of pyridine rings is 1. The van der Waals surface area contributed by atoms with Gasteiger partial charge in [-0.3, -0.25) is 9.59 Å². The van der Waals surface area contributed by atoms with E-state index in [0.717, 1.165) is 50.0 Å². The van der Waals surface area contributed by atoms with Crippen molar-refractivity contribution in [3.05, 3.63) is 40.7 Å². The molecule has 0 unspecified atom stereocenters. The van der Waals surface area contributed by atoms with Gasteiger partial charge in [0, 0.05) is 51.2 Å². The molecule has 0 spiro atoms. The van der Waals surface area contributed by atoms with Crippen LogP contribution in [-0.4, -0.2) is 73.2 Å². The van der Waals surface area contributed by atoms with Crippen LogP contribution in [-0.2, 0) is 11.8 Å².